The lowest BCUT2D eigenvalue weighted by atomic mass is 10.2. The van der Waals surface area contributed by atoms with Crippen molar-refractivity contribution >= 4 is 23.8 Å². The smallest absolute Gasteiger partial charge is 0.0659 e. The summed E-state index contributed by atoms with van der Waals surface area (Å²) in [5.74, 6) is 0. The molecule has 0 N–H and O–H groups in total. The maximum Gasteiger partial charge on any atom is 0.0659 e. The van der Waals surface area contributed by atoms with Gasteiger partial charge in [0.15, 0.2) is 0 Å². The average Bonchev–Trinajstić information content (AvgIpc) is 2.38. The van der Waals surface area contributed by atoms with Gasteiger partial charge in [-0.3, -0.25) is 9.98 Å². The summed E-state index contributed by atoms with van der Waals surface area (Å²) >= 11 is 0. The predicted molar refractivity (Wildman–Crippen MR) is 78.7 cm³/mol. The van der Waals surface area contributed by atoms with Crippen molar-refractivity contribution in [3.63, 3.8) is 0 Å². The number of aryl methyl sites for hydroxylation is 2. The second-order valence-corrected chi connectivity index (χ2v) is 4.13. The van der Waals surface area contributed by atoms with E-state index in [1.54, 1.807) is 12.4 Å². The van der Waals surface area contributed by atoms with Gasteiger partial charge in [0.25, 0.3) is 0 Å². The van der Waals surface area contributed by atoms with Gasteiger partial charge in [0, 0.05) is 12.4 Å². The summed E-state index contributed by atoms with van der Waals surface area (Å²) in [5.41, 5.74) is 4.29. The number of para-hydroxylation sites is 2. The van der Waals surface area contributed by atoms with Gasteiger partial charge in [0.1, 0.15) is 0 Å². The summed E-state index contributed by atoms with van der Waals surface area (Å²) < 4.78 is 0. The summed E-state index contributed by atoms with van der Waals surface area (Å²) in [6.07, 6.45) is 3.46. The molecule has 0 amide bonds. The monoisotopic (exact) mass is 236 g/mol. The molecule has 18 heavy (non-hydrogen) atoms. The van der Waals surface area contributed by atoms with Gasteiger partial charge in [-0.15, -0.1) is 0 Å². The second-order valence-electron chi connectivity index (χ2n) is 4.13. The molecule has 0 aliphatic rings. The molecular formula is C16H16N2. The third-order valence-electron chi connectivity index (χ3n) is 2.72. The van der Waals surface area contributed by atoms with Crippen molar-refractivity contribution < 1.29 is 0 Å². The minimum Gasteiger partial charge on any atom is -0.255 e. The van der Waals surface area contributed by atoms with E-state index in [2.05, 4.69) is 9.98 Å². The van der Waals surface area contributed by atoms with Gasteiger partial charge in [-0.2, -0.15) is 0 Å². The van der Waals surface area contributed by atoms with Crippen LogP contribution in [0, 0.1) is 13.8 Å². The van der Waals surface area contributed by atoms with Gasteiger partial charge < -0.3 is 0 Å². The topological polar surface area (TPSA) is 24.7 Å². The molecule has 0 bridgehead atoms. The van der Waals surface area contributed by atoms with Gasteiger partial charge in [-0.1, -0.05) is 36.4 Å². The highest BCUT2D eigenvalue weighted by Gasteiger charge is 1.92. The number of aliphatic imine (C=N–C) groups is 2. The molecule has 0 fully saturated rings. The first-order chi connectivity index (χ1) is 8.77. The zero-order valence-corrected chi connectivity index (χ0v) is 10.7. The maximum atomic E-state index is 4.38. The quantitative estimate of drug-likeness (QED) is 0.705. The van der Waals surface area contributed by atoms with Gasteiger partial charge in [-0.05, 0) is 37.1 Å². The summed E-state index contributed by atoms with van der Waals surface area (Å²) in [6, 6.07) is 16.1. The Morgan fingerprint density at radius 3 is 1.44 bits per heavy atom. The molecule has 0 heterocycles. The van der Waals surface area contributed by atoms with E-state index in [4.69, 9.17) is 0 Å². The van der Waals surface area contributed by atoms with Crippen molar-refractivity contribution in [1.82, 2.24) is 0 Å². The summed E-state index contributed by atoms with van der Waals surface area (Å²) in [4.78, 5) is 8.75. The molecule has 0 radical (unpaired) electrons. The van der Waals surface area contributed by atoms with E-state index >= 15 is 0 Å². The molecule has 2 rings (SSSR count). The minimum absolute atomic E-state index is 0.980. The lowest BCUT2D eigenvalue weighted by Gasteiger charge is -1.97. The standard InChI is InChI=1S/C16H16N2/c1-13-7-3-5-9-15(13)17-11-12-18-16-10-6-4-8-14(16)2/h3-12H,1-2H3. The fourth-order valence-corrected chi connectivity index (χ4v) is 1.64. The van der Waals surface area contributed by atoms with Crippen molar-refractivity contribution in [1.29, 1.82) is 0 Å². The molecule has 0 saturated heterocycles. The number of hydrogen-bond donors (Lipinski definition) is 0. The van der Waals surface area contributed by atoms with Gasteiger partial charge in [0.05, 0.1) is 11.4 Å². The zero-order chi connectivity index (χ0) is 12.8. The first kappa shape index (κ1) is 12.2. The molecule has 2 aromatic carbocycles. The fraction of sp³-hybridized carbons (Fsp3) is 0.125. The molecule has 0 atom stereocenters. The average molecular weight is 236 g/mol. The molecule has 2 aromatic rings. The molecule has 90 valence electrons. The normalized spacial score (nSPS) is 11.4. The predicted octanol–water partition coefficient (Wildman–Crippen LogP) is 4.41. The van der Waals surface area contributed by atoms with Crippen molar-refractivity contribution in [3.05, 3.63) is 59.7 Å². The molecule has 0 saturated carbocycles. The zero-order valence-electron chi connectivity index (χ0n) is 10.7. The van der Waals surface area contributed by atoms with Gasteiger partial charge in [-0.25, -0.2) is 0 Å². The Morgan fingerprint density at radius 1 is 0.667 bits per heavy atom. The highest BCUT2D eigenvalue weighted by atomic mass is 14.8. The lowest BCUT2D eigenvalue weighted by Crippen LogP contribution is -1.79. The summed E-state index contributed by atoms with van der Waals surface area (Å²) in [7, 11) is 0. The van der Waals surface area contributed by atoms with Crippen molar-refractivity contribution in [3.8, 4) is 0 Å². The highest BCUT2D eigenvalue weighted by molar-refractivity contribution is 6.17. The van der Waals surface area contributed by atoms with Crippen LogP contribution in [0.5, 0.6) is 0 Å². The Balaban J connectivity index is 2.08. The lowest BCUT2D eigenvalue weighted by molar-refractivity contribution is 1.40. The van der Waals surface area contributed by atoms with Crippen LogP contribution in [0.25, 0.3) is 0 Å². The van der Waals surface area contributed by atoms with Crippen molar-refractivity contribution in [2.24, 2.45) is 9.98 Å². The Hall–Kier alpha value is -2.22. The van der Waals surface area contributed by atoms with Crippen LogP contribution in [-0.2, 0) is 0 Å². The van der Waals surface area contributed by atoms with Gasteiger partial charge in [0.2, 0.25) is 0 Å². The number of benzene rings is 2. The molecule has 2 heteroatoms. The van der Waals surface area contributed by atoms with E-state index in [1.807, 2.05) is 62.4 Å². The Labute approximate surface area is 108 Å². The largest absolute Gasteiger partial charge is 0.255 e. The van der Waals surface area contributed by atoms with Gasteiger partial charge >= 0.3 is 0 Å². The van der Waals surface area contributed by atoms with Crippen LogP contribution >= 0.6 is 0 Å². The number of rotatable bonds is 3. The molecule has 0 unspecified atom stereocenters. The Morgan fingerprint density at radius 2 is 1.06 bits per heavy atom. The number of hydrogen-bond acceptors (Lipinski definition) is 2. The first-order valence-electron chi connectivity index (χ1n) is 5.95. The van der Waals surface area contributed by atoms with Crippen molar-refractivity contribution in [2.75, 3.05) is 0 Å². The summed E-state index contributed by atoms with van der Waals surface area (Å²) in [5, 5.41) is 0. The molecule has 0 aliphatic heterocycles. The molecule has 0 aliphatic carbocycles. The number of nitrogens with zero attached hydrogens (tertiary/aromatic N) is 2. The van der Waals surface area contributed by atoms with E-state index in [9.17, 15) is 0 Å². The van der Waals surface area contributed by atoms with E-state index in [1.165, 1.54) is 0 Å². The summed E-state index contributed by atoms with van der Waals surface area (Å²) in [6.45, 7) is 4.09. The third kappa shape index (κ3) is 3.14. The van der Waals surface area contributed by atoms with Crippen LogP contribution in [0.2, 0.25) is 0 Å². The van der Waals surface area contributed by atoms with Crippen LogP contribution in [0.15, 0.2) is 58.5 Å². The molecule has 0 spiro atoms. The molecule has 0 aromatic heterocycles. The molecule has 2 nitrogen and oxygen atoms in total. The van der Waals surface area contributed by atoms with Crippen LogP contribution in [0.3, 0.4) is 0 Å². The van der Waals surface area contributed by atoms with E-state index in [0.29, 0.717) is 0 Å². The highest BCUT2D eigenvalue weighted by Crippen LogP contribution is 2.17. The van der Waals surface area contributed by atoms with Crippen LogP contribution in [0.4, 0.5) is 11.4 Å². The van der Waals surface area contributed by atoms with Crippen LogP contribution in [-0.4, -0.2) is 12.4 Å². The fourth-order valence-electron chi connectivity index (χ4n) is 1.64. The van der Waals surface area contributed by atoms with Crippen molar-refractivity contribution in [2.45, 2.75) is 13.8 Å². The van der Waals surface area contributed by atoms with E-state index in [-0.39, 0.29) is 0 Å². The first-order valence-corrected chi connectivity index (χ1v) is 5.95. The van der Waals surface area contributed by atoms with E-state index in [0.717, 1.165) is 22.5 Å². The van der Waals surface area contributed by atoms with Crippen LogP contribution in [0.1, 0.15) is 11.1 Å². The third-order valence-corrected chi connectivity index (χ3v) is 2.72. The molecular weight excluding hydrogens is 220 g/mol. The Bertz CT molecular complexity index is 530. The second kappa shape index (κ2) is 5.92. The maximum absolute atomic E-state index is 4.38. The SMILES string of the molecule is Cc1ccccc1N=CC=Nc1ccccc1C. The Kier molecular flexibility index (Phi) is 4.02. The van der Waals surface area contributed by atoms with Crippen LogP contribution < -0.4 is 0 Å². The minimum atomic E-state index is 0.980. The van der Waals surface area contributed by atoms with E-state index < -0.39 is 0 Å².